The Morgan fingerprint density at radius 2 is 1.67 bits per heavy atom. The van der Waals surface area contributed by atoms with E-state index in [0.717, 1.165) is 0 Å². The molecule has 0 aliphatic carbocycles. The molecule has 0 saturated carbocycles. The summed E-state index contributed by atoms with van der Waals surface area (Å²) in [5.74, 6) is -1.66. The molecule has 0 aromatic carbocycles. The molecule has 0 spiro atoms. The topological polar surface area (TPSA) is 71.8 Å². The summed E-state index contributed by atoms with van der Waals surface area (Å²) in [7, 11) is 0. The van der Waals surface area contributed by atoms with Gasteiger partial charge in [0.25, 0.3) is 0 Å². The van der Waals surface area contributed by atoms with Crippen molar-refractivity contribution in [2.75, 3.05) is 0 Å². The SMILES string of the molecule is O=C1N=c2ccncc2=NC1=O. The average Bonchev–Trinajstić information content (AvgIpc) is 2.07. The third kappa shape index (κ3) is 0.914. The molecule has 12 heavy (non-hydrogen) atoms. The number of hydrogen-bond acceptors (Lipinski definition) is 3. The zero-order valence-corrected chi connectivity index (χ0v) is 5.89. The van der Waals surface area contributed by atoms with Crippen LogP contribution in [0.5, 0.6) is 0 Å². The Kier molecular flexibility index (Phi) is 1.30. The van der Waals surface area contributed by atoms with Crippen LogP contribution in [0.3, 0.4) is 0 Å². The van der Waals surface area contributed by atoms with E-state index in [-0.39, 0.29) is 0 Å². The Labute approximate surface area is 66.5 Å². The summed E-state index contributed by atoms with van der Waals surface area (Å²) in [6.45, 7) is 0. The molecule has 0 saturated heterocycles. The highest BCUT2D eigenvalue weighted by Gasteiger charge is 2.14. The van der Waals surface area contributed by atoms with Gasteiger partial charge < -0.3 is 0 Å². The first-order chi connectivity index (χ1) is 5.77. The van der Waals surface area contributed by atoms with E-state index in [9.17, 15) is 9.59 Å². The largest absolute Gasteiger partial charge is 0.338 e. The van der Waals surface area contributed by atoms with Crippen molar-refractivity contribution in [2.45, 2.75) is 0 Å². The van der Waals surface area contributed by atoms with E-state index in [4.69, 9.17) is 0 Å². The molecule has 0 bridgehead atoms. The molecular weight excluding hydrogens is 158 g/mol. The van der Waals surface area contributed by atoms with Crippen LogP contribution in [0.25, 0.3) is 0 Å². The number of pyridine rings is 1. The van der Waals surface area contributed by atoms with Crippen LogP contribution in [0.1, 0.15) is 0 Å². The Bertz CT molecular complexity index is 433. The maximum absolute atomic E-state index is 10.7. The van der Waals surface area contributed by atoms with Crippen molar-refractivity contribution in [1.29, 1.82) is 0 Å². The lowest BCUT2D eigenvalue weighted by Gasteiger charge is -1.93. The van der Waals surface area contributed by atoms with Crippen molar-refractivity contribution in [3.8, 4) is 0 Å². The molecule has 1 aliphatic rings. The van der Waals surface area contributed by atoms with Crippen LogP contribution >= 0.6 is 0 Å². The molecule has 0 unspecified atom stereocenters. The number of carbonyl (C=O) groups excluding carboxylic acids is 2. The smallest absolute Gasteiger partial charge is 0.262 e. The molecule has 2 rings (SSSR count). The summed E-state index contributed by atoms with van der Waals surface area (Å²) in [4.78, 5) is 32.2. The van der Waals surface area contributed by atoms with Gasteiger partial charge in [0.1, 0.15) is 5.36 Å². The molecule has 5 nitrogen and oxygen atoms in total. The normalized spacial score (nSPS) is 14.7. The maximum atomic E-state index is 10.7. The molecule has 0 radical (unpaired) electrons. The molecule has 5 heteroatoms. The lowest BCUT2D eigenvalue weighted by Crippen LogP contribution is -2.34. The first-order valence-corrected chi connectivity index (χ1v) is 3.23. The van der Waals surface area contributed by atoms with E-state index >= 15 is 0 Å². The fraction of sp³-hybridized carbons (Fsp3) is 0. The molecule has 2 heterocycles. The standard InChI is InChI=1S/C7H3N3O2/c11-6-7(12)10-5-3-8-2-1-4(5)9-6/h1-3H. The molecule has 0 fully saturated rings. The summed E-state index contributed by atoms with van der Waals surface area (Å²) < 4.78 is 0. The number of aromatic nitrogens is 1. The van der Waals surface area contributed by atoms with Crippen LogP contribution < -0.4 is 10.7 Å². The van der Waals surface area contributed by atoms with Gasteiger partial charge in [-0.2, -0.15) is 0 Å². The quantitative estimate of drug-likeness (QED) is 0.429. The second kappa shape index (κ2) is 2.30. The fourth-order valence-corrected chi connectivity index (χ4v) is 0.874. The summed E-state index contributed by atoms with van der Waals surface area (Å²) in [6, 6.07) is 1.53. The highest BCUT2D eigenvalue weighted by atomic mass is 16.2. The van der Waals surface area contributed by atoms with Crippen molar-refractivity contribution in [3.63, 3.8) is 0 Å². The molecule has 2 amide bonds. The minimum Gasteiger partial charge on any atom is -0.262 e. The Hall–Kier alpha value is -1.91. The second-order valence-electron chi connectivity index (χ2n) is 2.20. The monoisotopic (exact) mass is 161 g/mol. The van der Waals surface area contributed by atoms with Gasteiger partial charge in [-0.3, -0.25) is 14.6 Å². The molecule has 1 aliphatic heterocycles. The lowest BCUT2D eigenvalue weighted by atomic mass is 10.4. The van der Waals surface area contributed by atoms with Crippen LogP contribution in [0.15, 0.2) is 28.4 Å². The van der Waals surface area contributed by atoms with Crippen LogP contribution in [0, 0.1) is 0 Å². The minimum atomic E-state index is -0.837. The van der Waals surface area contributed by atoms with E-state index in [2.05, 4.69) is 15.0 Å². The van der Waals surface area contributed by atoms with Crippen LogP contribution in [0.2, 0.25) is 0 Å². The number of nitrogens with zero attached hydrogens (tertiary/aromatic N) is 3. The lowest BCUT2D eigenvalue weighted by molar-refractivity contribution is -0.135. The van der Waals surface area contributed by atoms with E-state index in [1.165, 1.54) is 18.5 Å². The number of fused-ring (bicyclic) bond motifs is 1. The van der Waals surface area contributed by atoms with Gasteiger partial charge in [-0.05, 0) is 6.07 Å². The van der Waals surface area contributed by atoms with Crippen molar-refractivity contribution in [1.82, 2.24) is 4.98 Å². The Balaban J connectivity index is 2.87. The molecule has 0 N–H and O–H groups in total. The maximum Gasteiger partial charge on any atom is 0.338 e. The van der Waals surface area contributed by atoms with Gasteiger partial charge in [0.05, 0.1) is 11.6 Å². The summed E-state index contributed by atoms with van der Waals surface area (Å²) >= 11 is 0. The van der Waals surface area contributed by atoms with E-state index in [1.54, 1.807) is 0 Å². The van der Waals surface area contributed by atoms with Crippen molar-refractivity contribution in [3.05, 3.63) is 29.2 Å². The van der Waals surface area contributed by atoms with E-state index < -0.39 is 11.8 Å². The van der Waals surface area contributed by atoms with Gasteiger partial charge in [-0.1, -0.05) is 0 Å². The summed E-state index contributed by atoms with van der Waals surface area (Å²) in [6.07, 6.45) is 2.88. The third-order valence-corrected chi connectivity index (χ3v) is 1.40. The molecular formula is C7H3N3O2. The average molecular weight is 161 g/mol. The molecule has 1 aromatic rings. The molecule has 58 valence electrons. The van der Waals surface area contributed by atoms with Crippen LogP contribution in [-0.4, -0.2) is 16.8 Å². The number of amides is 2. The van der Waals surface area contributed by atoms with Gasteiger partial charge in [0.15, 0.2) is 0 Å². The van der Waals surface area contributed by atoms with Crippen molar-refractivity contribution < 1.29 is 9.59 Å². The van der Waals surface area contributed by atoms with E-state index in [0.29, 0.717) is 10.7 Å². The Morgan fingerprint density at radius 1 is 1.00 bits per heavy atom. The highest BCUT2D eigenvalue weighted by Crippen LogP contribution is 1.82. The zero-order valence-electron chi connectivity index (χ0n) is 5.89. The number of hydrogen-bond donors (Lipinski definition) is 0. The van der Waals surface area contributed by atoms with Gasteiger partial charge in [-0.25, -0.2) is 9.98 Å². The Morgan fingerprint density at radius 3 is 2.42 bits per heavy atom. The second-order valence-corrected chi connectivity index (χ2v) is 2.20. The van der Waals surface area contributed by atoms with Gasteiger partial charge >= 0.3 is 11.8 Å². The third-order valence-electron chi connectivity index (χ3n) is 1.40. The van der Waals surface area contributed by atoms with Crippen LogP contribution in [-0.2, 0) is 9.59 Å². The first kappa shape index (κ1) is 6.78. The highest BCUT2D eigenvalue weighted by molar-refractivity contribution is 6.36. The van der Waals surface area contributed by atoms with Crippen molar-refractivity contribution in [2.24, 2.45) is 9.98 Å². The van der Waals surface area contributed by atoms with Crippen LogP contribution in [0.4, 0.5) is 0 Å². The minimum absolute atomic E-state index is 0.349. The van der Waals surface area contributed by atoms with Gasteiger partial charge in [0, 0.05) is 6.20 Å². The predicted molar refractivity (Wildman–Crippen MR) is 36.6 cm³/mol. The van der Waals surface area contributed by atoms with E-state index in [1.807, 2.05) is 0 Å². The molecule has 0 atom stereocenters. The fourth-order valence-electron chi connectivity index (χ4n) is 0.874. The van der Waals surface area contributed by atoms with Gasteiger partial charge in [0.2, 0.25) is 0 Å². The summed E-state index contributed by atoms with van der Waals surface area (Å²) in [5, 5.41) is 0.747. The van der Waals surface area contributed by atoms with Gasteiger partial charge in [-0.15, -0.1) is 0 Å². The van der Waals surface area contributed by atoms with Crippen molar-refractivity contribution >= 4 is 11.8 Å². The summed E-state index contributed by atoms with van der Waals surface area (Å²) in [5.41, 5.74) is 0. The molecule has 1 aromatic heterocycles. The zero-order chi connectivity index (χ0) is 8.55. The first-order valence-electron chi connectivity index (χ1n) is 3.23. The predicted octanol–water partition coefficient (Wildman–Crippen LogP) is -1.61. The number of carbonyl (C=O) groups is 2. The number of rotatable bonds is 0.